The monoisotopic (exact) mass is 348 g/mol. The summed E-state index contributed by atoms with van der Waals surface area (Å²) < 4.78 is 15.5. The predicted octanol–water partition coefficient (Wildman–Crippen LogP) is 4.35. The number of rotatable bonds is 4. The molecule has 0 radical (unpaired) electrons. The Balaban J connectivity index is 2.06. The van der Waals surface area contributed by atoms with Crippen molar-refractivity contribution in [3.05, 3.63) is 45.9 Å². The molecule has 0 aliphatic carbocycles. The van der Waals surface area contributed by atoms with Crippen LogP contribution in [0.5, 0.6) is 0 Å². The summed E-state index contributed by atoms with van der Waals surface area (Å²) in [5, 5.41) is 0.908. The van der Waals surface area contributed by atoms with Gasteiger partial charge in [-0.15, -0.1) is 11.6 Å². The Labute approximate surface area is 123 Å². The predicted molar refractivity (Wildman–Crippen MR) is 76.4 cm³/mol. The number of halogens is 3. The Hall–Kier alpha value is -0.520. The Bertz CT molecular complexity index is 559. The van der Waals surface area contributed by atoms with Gasteiger partial charge in [0.2, 0.25) is 0 Å². The van der Waals surface area contributed by atoms with E-state index in [1.165, 1.54) is 6.07 Å². The molecular weight excluding hydrogens is 339 g/mol. The zero-order chi connectivity index (χ0) is 13.1. The van der Waals surface area contributed by atoms with Crippen molar-refractivity contribution in [2.24, 2.45) is 7.05 Å². The maximum atomic E-state index is 13.1. The van der Waals surface area contributed by atoms with E-state index in [9.17, 15) is 4.39 Å². The largest absolute Gasteiger partial charge is 0.325 e. The van der Waals surface area contributed by atoms with Gasteiger partial charge in [-0.3, -0.25) is 0 Å². The molecule has 1 aromatic carbocycles. The number of alkyl halides is 1. The van der Waals surface area contributed by atoms with Crippen molar-refractivity contribution in [2.75, 3.05) is 0 Å². The molecular formula is C12H11BrClFN2S. The van der Waals surface area contributed by atoms with Crippen LogP contribution >= 0.6 is 39.3 Å². The molecule has 2 nitrogen and oxygen atoms in total. The highest BCUT2D eigenvalue weighted by atomic mass is 79.9. The standard InChI is InChI=1S/C12H11BrClFN2S/c1-17-9(5-14)6-16-12(17)18-7-8-2-3-11(15)10(13)4-8/h2-4,6H,5,7H2,1H3. The topological polar surface area (TPSA) is 17.8 Å². The molecule has 0 bridgehead atoms. The highest BCUT2D eigenvalue weighted by molar-refractivity contribution is 9.10. The molecule has 0 aliphatic heterocycles. The molecule has 2 rings (SSSR count). The number of aromatic nitrogens is 2. The number of hydrogen-bond acceptors (Lipinski definition) is 2. The van der Waals surface area contributed by atoms with E-state index in [1.807, 2.05) is 11.6 Å². The maximum Gasteiger partial charge on any atom is 0.168 e. The van der Waals surface area contributed by atoms with Crippen molar-refractivity contribution in [2.45, 2.75) is 16.8 Å². The molecule has 96 valence electrons. The molecule has 0 N–H and O–H groups in total. The molecule has 0 fully saturated rings. The highest BCUT2D eigenvalue weighted by Gasteiger charge is 2.07. The second-order valence-electron chi connectivity index (χ2n) is 3.76. The average Bonchev–Trinajstić information content (AvgIpc) is 2.72. The first kappa shape index (κ1) is 13.9. The molecule has 1 aromatic heterocycles. The summed E-state index contributed by atoms with van der Waals surface area (Å²) in [6.07, 6.45) is 1.77. The van der Waals surface area contributed by atoms with Gasteiger partial charge >= 0.3 is 0 Å². The Kier molecular flexibility index (Phi) is 4.70. The lowest BCUT2D eigenvalue weighted by atomic mass is 10.2. The third-order valence-corrected chi connectivity index (χ3v) is 4.53. The SMILES string of the molecule is Cn1c(CCl)cnc1SCc1ccc(F)c(Br)c1. The van der Waals surface area contributed by atoms with Gasteiger partial charge in [-0.05, 0) is 33.6 Å². The number of imidazole rings is 1. The van der Waals surface area contributed by atoms with Crippen LogP contribution in [0.15, 0.2) is 34.0 Å². The lowest BCUT2D eigenvalue weighted by molar-refractivity contribution is 0.620. The Morgan fingerprint density at radius 3 is 2.89 bits per heavy atom. The van der Waals surface area contributed by atoms with Gasteiger partial charge < -0.3 is 4.57 Å². The zero-order valence-corrected chi connectivity index (χ0v) is 12.8. The lowest BCUT2D eigenvalue weighted by Gasteiger charge is -2.04. The summed E-state index contributed by atoms with van der Waals surface area (Å²) in [6.45, 7) is 0. The van der Waals surface area contributed by atoms with Crippen LogP contribution in [-0.4, -0.2) is 9.55 Å². The van der Waals surface area contributed by atoms with Gasteiger partial charge in [0.05, 0.1) is 22.2 Å². The number of nitrogens with zero attached hydrogens (tertiary/aromatic N) is 2. The highest BCUT2D eigenvalue weighted by Crippen LogP contribution is 2.25. The van der Waals surface area contributed by atoms with E-state index in [-0.39, 0.29) is 5.82 Å². The molecule has 0 spiro atoms. The molecule has 0 saturated carbocycles. The van der Waals surface area contributed by atoms with Crippen LogP contribution < -0.4 is 0 Å². The van der Waals surface area contributed by atoms with Gasteiger partial charge in [0.15, 0.2) is 5.16 Å². The average molecular weight is 350 g/mol. The first-order valence-corrected chi connectivity index (χ1v) is 7.56. The van der Waals surface area contributed by atoms with Crippen LogP contribution in [0.1, 0.15) is 11.3 Å². The molecule has 1 heterocycles. The fourth-order valence-electron chi connectivity index (χ4n) is 1.46. The van der Waals surface area contributed by atoms with E-state index in [4.69, 9.17) is 11.6 Å². The number of benzene rings is 1. The lowest BCUT2D eigenvalue weighted by Crippen LogP contribution is -1.95. The van der Waals surface area contributed by atoms with Crippen molar-refractivity contribution in [3.8, 4) is 0 Å². The molecule has 0 saturated heterocycles. The van der Waals surface area contributed by atoms with Crippen molar-refractivity contribution < 1.29 is 4.39 Å². The summed E-state index contributed by atoms with van der Waals surface area (Å²) in [7, 11) is 1.94. The Morgan fingerprint density at radius 1 is 1.50 bits per heavy atom. The number of thioether (sulfide) groups is 1. The first-order valence-electron chi connectivity index (χ1n) is 5.25. The van der Waals surface area contributed by atoms with Crippen LogP contribution in [0.25, 0.3) is 0 Å². The second kappa shape index (κ2) is 6.08. The molecule has 18 heavy (non-hydrogen) atoms. The minimum absolute atomic E-state index is 0.245. The molecule has 0 amide bonds. The quantitative estimate of drug-likeness (QED) is 0.603. The van der Waals surface area contributed by atoms with Gasteiger partial charge in [0.25, 0.3) is 0 Å². The molecule has 2 aromatic rings. The van der Waals surface area contributed by atoms with E-state index in [2.05, 4.69) is 20.9 Å². The maximum absolute atomic E-state index is 13.1. The summed E-state index contributed by atoms with van der Waals surface area (Å²) >= 11 is 10.6. The van der Waals surface area contributed by atoms with Crippen LogP contribution in [0.2, 0.25) is 0 Å². The van der Waals surface area contributed by atoms with Crippen LogP contribution in [0.4, 0.5) is 4.39 Å². The number of hydrogen-bond donors (Lipinski definition) is 0. The third kappa shape index (κ3) is 3.08. The van der Waals surface area contributed by atoms with Gasteiger partial charge in [-0.1, -0.05) is 17.8 Å². The van der Waals surface area contributed by atoms with Crippen LogP contribution in [-0.2, 0) is 18.7 Å². The minimum Gasteiger partial charge on any atom is -0.325 e. The van der Waals surface area contributed by atoms with Gasteiger partial charge in [0.1, 0.15) is 5.82 Å². The zero-order valence-electron chi connectivity index (χ0n) is 9.66. The summed E-state index contributed by atoms with van der Waals surface area (Å²) in [6, 6.07) is 5.02. The summed E-state index contributed by atoms with van der Waals surface area (Å²) in [4.78, 5) is 4.30. The third-order valence-electron chi connectivity index (χ3n) is 2.53. The van der Waals surface area contributed by atoms with E-state index in [1.54, 1.807) is 30.1 Å². The molecule has 0 aliphatic rings. The smallest absolute Gasteiger partial charge is 0.168 e. The van der Waals surface area contributed by atoms with E-state index >= 15 is 0 Å². The normalized spacial score (nSPS) is 10.9. The second-order valence-corrected chi connectivity index (χ2v) is 5.83. The molecule has 0 unspecified atom stereocenters. The van der Waals surface area contributed by atoms with E-state index in [0.717, 1.165) is 22.2 Å². The minimum atomic E-state index is -0.245. The van der Waals surface area contributed by atoms with Gasteiger partial charge in [-0.2, -0.15) is 0 Å². The summed E-state index contributed by atoms with van der Waals surface area (Å²) in [5.74, 6) is 0.947. The van der Waals surface area contributed by atoms with Crippen LogP contribution in [0.3, 0.4) is 0 Å². The van der Waals surface area contributed by atoms with Gasteiger partial charge in [0, 0.05) is 12.8 Å². The van der Waals surface area contributed by atoms with Crippen molar-refractivity contribution in [1.29, 1.82) is 0 Å². The fraction of sp³-hybridized carbons (Fsp3) is 0.250. The van der Waals surface area contributed by atoms with E-state index < -0.39 is 0 Å². The van der Waals surface area contributed by atoms with Crippen molar-refractivity contribution in [1.82, 2.24) is 9.55 Å². The fourth-order valence-corrected chi connectivity index (χ4v) is 3.05. The molecule has 6 heteroatoms. The van der Waals surface area contributed by atoms with Crippen LogP contribution in [0, 0.1) is 5.82 Å². The van der Waals surface area contributed by atoms with E-state index in [0.29, 0.717) is 10.4 Å². The van der Waals surface area contributed by atoms with Crippen molar-refractivity contribution in [3.63, 3.8) is 0 Å². The summed E-state index contributed by atoms with van der Waals surface area (Å²) in [5.41, 5.74) is 2.03. The Morgan fingerprint density at radius 2 is 2.28 bits per heavy atom. The first-order chi connectivity index (χ1) is 8.61. The molecule has 0 atom stereocenters. The van der Waals surface area contributed by atoms with Crippen molar-refractivity contribution >= 4 is 39.3 Å². The van der Waals surface area contributed by atoms with Gasteiger partial charge in [-0.25, -0.2) is 9.37 Å².